The first-order valence-electron chi connectivity index (χ1n) is 8.31. The van der Waals surface area contributed by atoms with Crippen LogP contribution in [0.5, 0.6) is 0 Å². The van der Waals surface area contributed by atoms with Crippen molar-refractivity contribution < 1.29 is 19.1 Å². The Morgan fingerprint density at radius 3 is 2.71 bits per heavy atom. The first-order valence-corrected chi connectivity index (χ1v) is 8.31. The number of anilines is 1. The number of piperidine rings is 1. The molecule has 126 valence electrons. The van der Waals surface area contributed by atoms with E-state index in [9.17, 15) is 14.4 Å². The molecule has 1 aromatic carbocycles. The van der Waals surface area contributed by atoms with Gasteiger partial charge in [-0.3, -0.25) is 19.7 Å². The van der Waals surface area contributed by atoms with Gasteiger partial charge in [-0.2, -0.15) is 0 Å². The Balaban J connectivity index is 1.91. The molecule has 0 aromatic heterocycles. The van der Waals surface area contributed by atoms with Gasteiger partial charge in [0.05, 0.1) is 24.7 Å². The number of carbonyl (C=O) groups is 3. The minimum absolute atomic E-state index is 0.00263. The second-order valence-electron chi connectivity index (χ2n) is 7.00. The number of amides is 2. The number of nitrogens with zero attached hydrogens (tertiary/aromatic N) is 1. The van der Waals surface area contributed by atoms with Crippen molar-refractivity contribution in [1.29, 1.82) is 0 Å². The van der Waals surface area contributed by atoms with Gasteiger partial charge in [0.1, 0.15) is 5.41 Å². The van der Waals surface area contributed by atoms with Crippen LogP contribution in [0.25, 0.3) is 0 Å². The molecule has 3 aliphatic heterocycles. The number of carbonyl (C=O) groups excluding carboxylic acids is 3. The Kier molecular flexibility index (Phi) is 3.28. The van der Waals surface area contributed by atoms with E-state index in [4.69, 9.17) is 4.74 Å². The molecule has 0 unspecified atom stereocenters. The van der Waals surface area contributed by atoms with Gasteiger partial charge in [0.2, 0.25) is 11.8 Å². The maximum atomic E-state index is 12.9. The number of para-hydroxylation sites is 1. The Morgan fingerprint density at radius 2 is 1.96 bits per heavy atom. The van der Waals surface area contributed by atoms with Crippen molar-refractivity contribution in [2.45, 2.75) is 44.9 Å². The zero-order valence-electron chi connectivity index (χ0n) is 13.7. The van der Waals surface area contributed by atoms with Crippen LogP contribution in [0.1, 0.15) is 25.8 Å². The van der Waals surface area contributed by atoms with E-state index >= 15 is 0 Å². The van der Waals surface area contributed by atoms with Crippen molar-refractivity contribution >= 4 is 23.3 Å². The summed E-state index contributed by atoms with van der Waals surface area (Å²) in [5.41, 5.74) is 0.752. The molecule has 1 N–H and O–H groups in total. The lowest BCUT2D eigenvalue weighted by Gasteiger charge is -2.55. The molecular weight excluding hydrogens is 308 g/mol. The van der Waals surface area contributed by atoms with Gasteiger partial charge in [-0.1, -0.05) is 18.2 Å². The lowest BCUT2D eigenvalue weighted by Crippen LogP contribution is -2.72. The first kappa shape index (κ1) is 15.3. The van der Waals surface area contributed by atoms with Crippen molar-refractivity contribution in [3.05, 3.63) is 29.8 Å². The normalized spacial score (nSPS) is 35.5. The average molecular weight is 328 g/mol. The van der Waals surface area contributed by atoms with E-state index in [1.165, 1.54) is 0 Å². The Bertz CT molecular complexity index is 724. The number of imide groups is 1. The third-order valence-corrected chi connectivity index (χ3v) is 5.43. The summed E-state index contributed by atoms with van der Waals surface area (Å²) in [5.74, 6) is -1.30. The van der Waals surface area contributed by atoms with Crippen molar-refractivity contribution in [3.63, 3.8) is 0 Å². The summed E-state index contributed by atoms with van der Waals surface area (Å²) in [6.07, 6.45) is -0.224. The Hall–Kier alpha value is -2.21. The molecule has 0 radical (unpaired) electrons. The maximum absolute atomic E-state index is 12.9. The average Bonchev–Trinajstić information content (AvgIpc) is 2.52. The van der Waals surface area contributed by atoms with E-state index < -0.39 is 23.3 Å². The van der Waals surface area contributed by atoms with Crippen LogP contribution < -0.4 is 10.2 Å². The number of fused-ring (bicyclic) bond motifs is 4. The highest BCUT2D eigenvalue weighted by Gasteiger charge is 2.62. The first-order chi connectivity index (χ1) is 11.4. The van der Waals surface area contributed by atoms with E-state index in [2.05, 4.69) is 10.2 Å². The molecule has 3 heterocycles. The summed E-state index contributed by atoms with van der Waals surface area (Å²) in [4.78, 5) is 39.5. The van der Waals surface area contributed by atoms with Crippen LogP contribution >= 0.6 is 0 Å². The fourth-order valence-corrected chi connectivity index (χ4v) is 4.58. The fourth-order valence-electron chi connectivity index (χ4n) is 4.58. The molecule has 3 aliphatic rings. The van der Waals surface area contributed by atoms with Gasteiger partial charge in [0, 0.05) is 12.2 Å². The molecular formula is C18H20N2O4. The zero-order chi connectivity index (χ0) is 17.1. The van der Waals surface area contributed by atoms with Crippen LogP contribution in [0.2, 0.25) is 0 Å². The SMILES string of the molecule is C[C@@H]1CN2c3ccccc3C[C@@]3(C(=O)CC(=O)NC3=O)[C@H]2[C@H](C)O1. The van der Waals surface area contributed by atoms with Crippen LogP contribution in [-0.2, 0) is 25.5 Å². The van der Waals surface area contributed by atoms with Crippen molar-refractivity contribution in [2.24, 2.45) is 5.41 Å². The van der Waals surface area contributed by atoms with E-state index in [0.717, 1.165) is 11.3 Å². The monoisotopic (exact) mass is 328 g/mol. The van der Waals surface area contributed by atoms with Crippen LogP contribution in [0.3, 0.4) is 0 Å². The number of rotatable bonds is 0. The quantitative estimate of drug-likeness (QED) is 0.564. The summed E-state index contributed by atoms with van der Waals surface area (Å²) in [6.45, 7) is 4.51. The molecule has 0 saturated carbocycles. The molecule has 0 aliphatic carbocycles. The number of Topliss-reactive ketones (excluding diaryl/α,β-unsaturated/α-hetero) is 1. The van der Waals surface area contributed by atoms with Gasteiger partial charge in [-0.05, 0) is 31.9 Å². The van der Waals surface area contributed by atoms with Crippen molar-refractivity contribution in [3.8, 4) is 0 Å². The van der Waals surface area contributed by atoms with Crippen molar-refractivity contribution in [2.75, 3.05) is 11.4 Å². The summed E-state index contributed by atoms with van der Waals surface area (Å²) >= 11 is 0. The highest BCUT2D eigenvalue weighted by molar-refractivity contribution is 6.22. The number of hydrogen-bond donors (Lipinski definition) is 1. The molecule has 1 aromatic rings. The molecule has 2 amide bonds. The molecule has 1 spiro atoms. The third-order valence-electron chi connectivity index (χ3n) is 5.43. The second-order valence-corrected chi connectivity index (χ2v) is 7.00. The Labute approximate surface area is 140 Å². The molecule has 6 heteroatoms. The fraction of sp³-hybridized carbons (Fsp3) is 0.500. The topological polar surface area (TPSA) is 75.7 Å². The lowest BCUT2D eigenvalue weighted by atomic mass is 9.63. The number of hydrogen-bond acceptors (Lipinski definition) is 5. The van der Waals surface area contributed by atoms with Crippen LogP contribution in [0, 0.1) is 5.41 Å². The third kappa shape index (κ3) is 1.95. The van der Waals surface area contributed by atoms with E-state index in [0.29, 0.717) is 13.0 Å². The summed E-state index contributed by atoms with van der Waals surface area (Å²) in [7, 11) is 0. The Morgan fingerprint density at radius 1 is 1.21 bits per heavy atom. The van der Waals surface area contributed by atoms with Crippen molar-refractivity contribution in [1.82, 2.24) is 5.32 Å². The smallest absolute Gasteiger partial charge is 0.242 e. The molecule has 2 fully saturated rings. The number of nitrogens with one attached hydrogen (secondary N) is 1. The van der Waals surface area contributed by atoms with Crippen LogP contribution in [0.4, 0.5) is 5.69 Å². The van der Waals surface area contributed by atoms with Crippen LogP contribution in [0.15, 0.2) is 24.3 Å². The summed E-state index contributed by atoms with van der Waals surface area (Å²) in [5, 5.41) is 2.38. The largest absolute Gasteiger partial charge is 0.372 e. The predicted molar refractivity (Wildman–Crippen MR) is 86.5 cm³/mol. The highest BCUT2D eigenvalue weighted by Crippen LogP contribution is 2.47. The van der Waals surface area contributed by atoms with Gasteiger partial charge in [0.15, 0.2) is 5.78 Å². The second kappa shape index (κ2) is 5.14. The van der Waals surface area contributed by atoms with Gasteiger partial charge < -0.3 is 9.64 Å². The minimum Gasteiger partial charge on any atom is -0.372 e. The summed E-state index contributed by atoms with van der Waals surface area (Å²) < 4.78 is 5.96. The van der Waals surface area contributed by atoms with Crippen LogP contribution in [-0.4, -0.2) is 42.4 Å². The van der Waals surface area contributed by atoms with Gasteiger partial charge in [0.25, 0.3) is 0 Å². The van der Waals surface area contributed by atoms with E-state index in [1.54, 1.807) is 0 Å². The maximum Gasteiger partial charge on any atom is 0.242 e. The number of ether oxygens (including phenoxy) is 1. The molecule has 4 atom stereocenters. The van der Waals surface area contributed by atoms with E-state index in [-0.39, 0.29) is 24.4 Å². The molecule has 2 saturated heterocycles. The van der Waals surface area contributed by atoms with Gasteiger partial charge in [-0.25, -0.2) is 0 Å². The standard InChI is InChI=1S/C18H20N2O4/c1-10-9-20-13-6-4-3-5-12(13)8-18(16(20)11(2)24-10)14(21)7-15(22)19-17(18)23/h3-6,10-11,16H,7-9H2,1-2H3,(H,19,22,23)/t10-,11+,16-,18-/m1/s1. The molecule has 0 bridgehead atoms. The molecule has 6 nitrogen and oxygen atoms in total. The van der Waals surface area contributed by atoms with Gasteiger partial charge in [-0.15, -0.1) is 0 Å². The number of ketones is 1. The lowest BCUT2D eigenvalue weighted by molar-refractivity contribution is -0.158. The number of benzene rings is 1. The zero-order valence-corrected chi connectivity index (χ0v) is 13.7. The predicted octanol–water partition coefficient (Wildman–Crippen LogP) is 0.827. The van der Waals surface area contributed by atoms with Gasteiger partial charge >= 0.3 is 0 Å². The highest BCUT2D eigenvalue weighted by atomic mass is 16.5. The minimum atomic E-state index is -1.26. The van der Waals surface area contributed by atoms with E-state index in [1.807, 2.05) is 38.1 Å². The molecule has 4 rings (SSSR count). The summed E-state index contributed by atoms with van der Waals surface area (Å²) in [6, 6.07) is 7.46. The number of morpholine rings is 1. The molecule has 24 heavy (non-hydrogen) atoms.